The van der Waals surface area contributed by atoms with Crippen LogP contribution in [0.1, 0.15) is 17.2 Å². The maximum Gasteiger partial charge on any atom is 0.109 e. The number of nitrogens with one attached hydrogen (secondary N) is 1. The number of halogens is 2. The zero-order valence-electron chi connectivity index (χ0n) is 10.0. The zero-order chi connectivity index (χ0) is 12.3. The standard InChI is InChI=1S/C13H18ClFN2/c1-10-2-3-11(8-12(10)14)13(9-15)17-6-4-16-5-7-17/h2-3,8,13,16H,4-7,9H2,1H3/t13-/m1/s1. The van der Waals surface area contributed by atoms with Gasteiger partial charge < -0.3 is 5.32 Å². The molecule has 0 aromatic heterocycles. The third-order valence-electron chi connectivity index (χ3n) is 3.32. The number of hydrogen-bond donors (Lipinski definition) is 1. The minimum Gasteiger partial charge on any atom is -0.314 e. The van der Waals surface area contributed by atoms with Crippen molar-refractivity contribution in [2.45, 2.75) is 13.0 Å². The van der Waals surface area contributed by atoms with E-state index in [2.05, 4.69) is 10.2 Å². The van der Waals surface area contributed by atoms with Gasteiger partial charge in [-0.1, -0.05) is 23.7 Å². The quantitative estimate of drug-likeness (QED) is 0.894. The second-order valence-corrected chi connectivity index (χ2v) is 4.87. The lowest BCUT2D eigenvalue weighted by molar-refractivity contribution is 0.147. The second-order valence-electron chi connectivity index (χ2n) is 4.46. The maximum absolute atomic E-state index is 13.3. The minimum absolute atomic E-state index is 0.157. The smallest absolute Gasteiger partial charge is 0.109 e. The number of piperazine rings is 1. The lowest BCUT2D eigenvalue weighted by Gasteiger charge is -2.33. The molecule has 1 saturated heterocycles. The van der Waals surface area contributed by atoms with E-state index in [0.29, 0.717) is 0 Å². The maximum atomic E-state index is 13.3. The van der Waals surface area contributed by atoms with Crippen molar-refractivity contribution in [3.63, 3.8) is 0 Å². The number of rotatable bonds is 3. The minimum atomic E-state index is -0.362. The number of hydrogen-bond acceptors (Lipinski definition) is 2. The Labute approximate surface area is 107 Å². The van der Waals surface area contributed by atoms with Crippen molar-refractivity contribution in [3.8, 4) is 0 Å². The van der Waals surface area contributed by atoms with Crippen molar-refractivity contribution < 1.29 is 4.39 Å². The van der Waals surface area contributed by atoms with E-state index in [-0.39, 0.29) is 12.7 Å². The molecule has 0 bridgehead atoms. The molecule has 17 heavy (non-hydrogen) atoms. The molecule has 0 saturated carbocycles. The summed E-state index contributed by atoms with van der Waals surface area (Å²) in [5, 5.41) is 3.99. The first-order valence-electron chi connectivity index (χ1n) is 5.99. The monoisotopic (exact) mass is 256 g/mol. The van der Waals surface area contributed by atoms with E-state index in [9.17, 15) is 4.39 Å². The molecule has 2 rings (SSSR count). The molecule has 0 unspecified atom stereocenters. The van der Waals surface area contributed by atoms with Crippen LogP contribution in [0, 0.1) is 6.92 Å². The van der Waals surface area contributed by atoms with E-state index in [0.717, 1.165) is 42.3 Å². The fourth-order valence-electron chi connectivity index (χ4n) is 2.21. The molecule has 0 spiro atoms. The predicted octanol–water partition coefficient (Wildman–Crippen LogP) is 2.56. The molecular formula is C13H18ClFN2. The third-order valence-corrected chi connectivity index (χ3v) is 3.73. The van der Waals surface area contributed by atoms with Crippen LogP contribution in [0.25, 0.3) is 0 Å². The van der Waals surface area contributed by atoms with Gasteiger partial charge in [0.15, 0.2) is 0 Å². The van der Waals surface area contributed by atoms with E-state index in [1.807, 2.05) is 25.1 Å². The lowest BCUT2D eigenvalue weighted by atomic mass is 10.0. The molecule has 1 heterocycles. The van der Waals surface area contributed by atoms with Crippen LogP contribution in [0.15, 0.2) is 18.2 Å². The molecule has 1 aliphatic heterocycles. The van der Waals surface area contributed by atoms with Crippen LogP contribution in [-0.4, -0.2) is 37.8 Å². The van der Waals surface area contributed by atoms with Gasteiger partial charge in [0.05, 0.1) is 6.04 Å². The van der Waals surface area contributed by atoms with Crippen molar-refractivity contribution in [1.82, 2.24) is 10.2 Å². The fourth-order valence-corrected chi connectivity index (χ4v) is 2.40. The summed E-state index contributed by atoms with van der Waals surface area (Å²) < 4.78 is 13.3. The first kappa shape index (κ1) is 12.8. The van der Waals surface area contributed by atoms with Gasteiger partial charge in [-0.2, -0.15) is 0 Å². The van der Waals surface area contributed by atoms with Crippen molar-refractivity contribution >= 4 is 11.6 Å². The van der Waals surface area contributed by atoms with Gasteiger partial charge in [0.2, 0.25) is 0 Å². The summed E-state index contributed by atoms with van der Waals surface area (Å²) in [6, 6.07) is 5.68. The van der Waals surface area contributed by atoms with Crippen molar-refractivity contribution in [1.29, 1.82) is 0 Å². The van der Waals surface area contributed by atoms with E-state index < -0.39 is 0 Å². The van der Waals surface area contributed by atoms with Crippen LogP contribution >= 0.6 is 11.6 Å². The van der Waals surface area contributed by atoms with E-state index in [1.54, 1.807) is 0 Å². The van der Waals surface area contributed by atoms with Crippen molar-refractivity contribution in [2.24, 2.45) is 0 Å². The van der Waals surface area contributed by atoms with E-state index in [1.165, 1.54) is 0 Å². The highest BCUT2D eigenvalue weighted by Crippen LogP contribution is 2.26. The average Bonchev–Trinajstić information content (AvgIpc) is 2.36. The molecule has 1 aliphatic rings. The summed E-state index contributed by atoms with van der Waals surface area (Å²) in [7, 11) is 0. The molecule has 1 fully saturated rings. The van der Waals surface area contributed by atoms with Crippen LogP contribution in [0.2, 0.25) is 5.02 Å². The Hall–Kier alpha value is -0.640. The number of aryl methyl sites for hydroxylation is 1. The Kier molecular flexibility index (Phi) is 4.37. The van der Waals surface area contributed by atoms with Crippen molar-refractivity contribution in [2.75, 3.05) is 32.9 Å². The fraction of sp³-hybridized carbons (Fsp3) is 0.538. The molecule has 0 amide bonds. The SMILES string of the molecule is Cc1ccc([C@@H](CF)N2CCNCC2)cc1Cl. The summed E-state index contributed by atoms with van der Waals surface area (Å²) in [5.41, 5.74) is 2.01. The first-order valence-corrected chi connectivity index (χ1v) is 6.37. The largest absolute Gasteiger partial charge is 0.314 e. The van der Waals surface area contributed by atoms with Crippen LogP contribution in [0.5, 0.6) is 0 Å². The number of benzene rings is 1. The predicted molar refractivity (Wildman–Crippen MR) is 69.3 cm³/mol. The Bertz CT molecular complexity index is 378. The van der Waals surface area contributed by atoms with Gasteiger partial charge in [-0.3, -0.25) is 4.90 Å². The molecule has 4 heteroatoms. The van der Waals surface area contributed by atoms with Gasteiger partial charge in [0.1, 0.15) is 6.67 Å². The third kappa shape index (κ3) is 2.97. The van der Waals surface area contributed by atoms with Crippen LogP contribution in [-0.2, 0) is 0 Å². The van der Waals surface area contributed by atoms with Crippen molar-refractivity contribution in [3.05, 3.63) is 34.3 Å². The molecular weight excluding hydrogens is 239 g/mol. The Morgan fingerprint density at radius 2 is 2.12 bits per heavy atom. The van der Waals surface area contributed by atoms with Gasteiger partial charge in [0, 0.05) is 31.2 Å². The Morgan fingerprint density at radius 1 is 1.41 bits per heavy atom. The van der Waals surface area contributed by atoms with Gasteiger partial charge in [-0.25, -0.2) is 4.39 Å². The highest BCUT2D eigenvalue weighted by atomic mass is 35.5. The molecule has 0 aliphatic carbocycles. The number of nitrogens with zero attached hydrogens (tertiary/aromatic N) is 1. The normalized spacial score (nSPS) is 19.2. The summed E-state index contributed by atoms with van der Waals surface area (Å²) in [5.74, 6) is 0. The second kappa shape index (κ2) is 5.80. The van der Waals surface area contributed by atoms with Gasteiger partial charge in [-0.05, 0) is 24.1 Å². The molecule has 1 aromatic rings. The lowest BCUT2D eigenvalue weighted by Crippen LogP contribution is -2.45. The van der Waals surface area contributed by atoms with Gasteiger partial charge in [-0.15, -0.1) is 0 Å². The highest BCUT2D eigenvalue weighted by molar-refractivity contribution is 6.31. The zero-order valence-corrected chi connectivity index (χ0v) is 10.8. The highest BCUT2D eigenvalue weighted by Gasteiger charge is 2.22. The molecule has 1 atom stereocenters. The molecule has 1 aromatic carbocycles. The molecule has 94 valence electrons. The topological polar surface area (TPSA) is 15.3 Å². The van der Waals surface area contributed by atoms with Crippen LogP contribution in [0.4, 0.5) is 4.39 Å². The van der Waals surface area contributed by atoms with Gasteiger partial charge >= 0.3 is 0 Å². The molecule has 2 nitrogen and oxygen atoms in total. The summed E-state index contributed by atoms with van der Waals surface area (Å²) in [6.07, 6.45) is 0. The summed E-state index contributed by atoms with van der Waals surface area (Å²) in [4.78, 5) is 2.18. The Balaban J connectivity index is 2.18. The Morgan fingerprint density at radius 3 is 2.71 bits per heavy atom. The first-order chi connectivity index (χ1) is 8.22. The average molecular weight is 257 g/mol. The number of alkyl halides is 1. The summed E-state index contributed by atoms with van der Waals surface area (Å²) in [6.45, 7) is 5.23. The van der Waals surface area contributed by atoms with Gasteiger partial charge in [0.25, 0.3) is 0 Å². The van der Waals surface area contributed by atoms with E-state index in [4.69, 9.17) is 11.6 Å². The van der Waals surface area contributed by atoms with Crippen LogP contribution < -0.4 is 5.32 Å². The van der Waals surface area contributed by atoms with Crippen LogP contribution in [0.3, 0.4) is 0 Å². The van der Waals surface area contributed by atoms with E-state index >= 15 is 0 Å². The molecule has 1 N–H and O–H groups in total. The molecule has 0 radical (unpaired) electrons. The summed E-state index contributed by atoms with van der Waals surface area (Å²) >= 11 is 6.10.